The number of allylic oxidation sites excluding steroid dienone is 1. The van der Waals surface area contributed by atoms with Crippen molar-refractivity contribution in [2.24, 2.45) is 17.8 Å². The molecule has 0 radical (unpaired) electrons. The first-order valence-corrected chi connectivity index (χ1v) is 4.42. The molecule has 1 saturated carbocycles. The van der Waals surface area contributed by atoms with E-state index in [-0.39, 0.29) is 0 Å². The van der Waals surface area contributed by atoms with Crippen molar-refractivity contribution in [3.05, 3.63) is 12.7 Å². The summed E-state index contributed by atoms with van der Waals surface area (Å²) >= 11 is 0. The second-order valence-electron chi connectivity index (χ2n) is 3.54. The van der Waals surface area contributed by atoms with Crippen molar-refractivity contribution in [1.29, 1.82) is 0 Å². The number of rotatable bonds is 2. The van der Waals surface area contributed by atoms with Crippen LogP contribution in [-0.2, 0) is 0 Å². The fourth-order valence-electron chi connectivity index (χ4n) is 2.23. The van der Waals surface area contributed by atoms with E-state index in [1.165, 1.54) is 19.3 Å². The molecule has 1 fully saturated rings. The Balaban J connectivity index is 2.53. The zero-order valence-electron chi connectivity index (χ0n) is 7.14. The molecule has 0 saturated heterocycles. The number of hydrogen-bond acceptors (Lipinski definition) is 0. The van der Waals surface area contributed by atoms with Gasteiger partial charge in [0.1, 0.15) is 0 Å². The van der Waals surface area contributed by atoms with Gasteiger partial charge in [-0.15, -0.1) is 6.58 Å². The second-order valence-corrected chi connectivity index (χ2v) is 3.54. The third-order valence-electron chi connectivity index (χ3n) is 2.99. The largest absolute Gasteiger partial charge is 0.103 e. The van der Waals surface area contributed by atoms with Gasteiger partial charge in [-0.1, -0.05) is 26.3 Å². The molecule has 1 aliphatic rings. The predicted molar refractivity (Wildman–Crippen MR) is 45.9 cm³/mol. The van der Waals surface area contributed by atoms with Gasteiger partial charge in [0.2, 0.25) is 0 Å². The van der Waals surface area contributed by atoms with Crippen LogP contribution >= 0.6 is 0 Å². The van der Waals surface area contributed by atoms with E-state index in [0.29, 0.717) is 0 Å². The fourth-order valence-corrected chi connectivity index (χ4v) is 2.23. The lowest BCUT2D eigenvalue weighted by molar-refractivity contribution is 0.391. The van der Waals surface area contributed by atoms with E-state index in [4.69, 9.17) is 0 Å². The molecule has 0 aliphatic heterocycles. The lowest BCUT2D eigenvalue weighted by Gasteiger charge is -2.16. The molecule has 10 heavy (non-hydrogen) atoms. The first-order chi connectivity index (χ1) is 4.79. The molecule has 0 aromatic rings. The van der Waals surface area contributed by atoms with Crippen molar-refractivity contribution in [3.63, 3.8) is 0 Å². The minimum absolute atomic E-state index is 0.810. The summed E-state index contributed by atoms with van der Waals surface area (Å²) in [5.41, 5.74) is 0. The van der Waals surface area contributed by atoms with Crippen LogP contribution in [0.15, 0.2) is 12.7 Å². The Hall–Kier alpha value is -0.260. The molecule has 0 spiro atoms. The zero-order chi connectivity index (χ0) is 7.56. The van der Waals surface area contributed by atoms with Gasteiger partial charge in [0.05, 0.1) is 0 Å². The van der Waals surface area contributed by atoms with Crippen molar-refractivity contribution in [2.45, 2.75) is 33.1 Å². The first-order valence-electron chi connectivity index (χ1n) is 4.42. The molecule has 1 rings (SSSR count). The molecule has 0 amide bonds. The summed E-state index contributed by atoms with van der Waals surface area (Å²) in [5.74, 6) is 2.64. The zero-order valence-corrected chi connectivity index (χ0v) is 7.14. The molecule has 1 aliphatic carbocycles. The van der Waals surface area contributed by atoms with Gasteiger partial charge < -0.3 is 0 Å². The summed E-state index contributed by atoms with van der Waals surface area (Å²) in [4.78, 5) is 0. The SMILES string of the molecule is C=CC1C(C)CCC1CC. The van der Waals surface area contributed by atoms with E-state index in [1.54, 1.807) is 0 Å². The summed E-state index contributed by atoms with van der Waals surface area (Å²) < 4.78 is 0. The molecule has 0 bridgehead atoms. The highest BCUT2D eigenvalue weighted by atomic mass is 14.3. The third kappa shape index (κ3) is 1.25. The fraction of sp³-hybridized carbons (Fsp3) is 0.800. The van der Waals surface area contributed by atoms with Crippen LogP contribution in [0.3, 0.4) is 0 Å². The second kappa shape index (κ2) is 3.23. The van der Waals surface area contributed by atoms with Crippen molar-refractivity contribution in [1.82, 2.24) is 0 Å². The molecule has 58 valence electrons. The Morgan fingerprint density at radius 2 is 2.20 bits per heavy atom. The van der Waals surface area contributed by atoms with Crippen molar-refractivity contribution in [3.8, 4) is 0 Å². The Bertz CT molecular complexity index is 115. The van der Waals surface area contributed by atoms with Gasteiger partial charge in [0.25, 0.3) is 0 Å². The lowest BCUT2D eigenvalue weighted by Crippen LogP contribution is -2.08. The highest BCUT2D eigenvalue weighted by Crippen LogP contribution is 2.38. The average molecular weight is 138 g/mol. The van der Waals surface area contributed by atoms with Gasteiger partial charge in [-0.05, 0) is 30.6 Å². The van der Waals surface area contributed by atoms with Crippen LogP contribution in [0, 0.1) is 17.8 Å². The summed E-state index contributed by atoms with van der Waals surface area (Å²) in [6, 6.07) is 0. The monoisotopic (exact) mass is 138 g/mol. The normalized spacial score (nSPS) is 40.0. The maximum absolute atomic E-state index is 3.89. The van der Waals surface area contributed by atoms with Crippen LogP contribution in [0.4, 0.5) is 0 Å². The van der Waals surface area contributed by atoms with E-state index >= 15 is 0 Å². The highest BCUT2D eigenvalue weighted by molar-refractivity contribution is 4.92. The summed E-state index contributed by atoms with van der Waals surface area (Å²) in [6.45, 7) is 8.53. The molecule has 0 N–H and O–H groups in total. The van der Waals surface area contributed by atoms with Crippen LogP contribution in [0.25, 0.3) is 0 Å². The van der Waals surface area contributed by atoms with Crippen LogP contribution in [0.1, 0.15) is 33.1 Å². The highest BCUT2D eigenvalue weighted by Gasteiger charge is 2.29. The number of hydrogen-bond donors (Lipinski definition) is 0. The molecule has 0 nitrogen and oxygen atoms in total. The molecule has 3 unspecified atom stereocenters. The molecule has 0 heteroatoms. The quantitative estimate of drug-likeness (QED) is 0.514. The van der Waals surface area contributed by atoms with E-state index in [1.807, 2.05) is 0 Å². The summed E-state index contributed by atoms with van der Waals surface area (Å²) in [5, 5.41) is 0. The van der Waals surface area contributed by atoms with Crippen molar-refractivity contribution < 1.29 is 0 Å². The Morgan fingerprint density at radius 3 is 2.60 bits per heavy atom. The van der Waals surface area contributed by atoms with E-state index < -0.39 is 0 Å². The van der Waals surface area contributed by atoms with Crippen LogP contribution in [0.5, 0.6) is 0 Å². The van der Waals surface area contributed by atoms with Crippen molar-refractivity contribution >= 4 is 0 Å². The molecular weight excluding hydrogens is 120 g/mol. The third-order valence-corrected chi connectivity index (χ3v) is 2.99. The maximum Gasteiger partial charge on any atom is -0.0182 e. The van der Waals surface area contributed by atoms with E-state index in [0.717, 1.165) is 17.8 Å². The van der Waals surface area contributed by atoms with Gasteiger partial charge >= 0.3 is 0 Å². The predicted octanol–water partition coefficient (Wildman–Crippen LogP) is 3.24. The van der Waals surface area contributed by atoms with Gasteiger partial charge in [-0.25, -0.2) is 0 Å². The summed E-state index contributed by atoms with van der Waals surface area (Å²) in [7, 11) is 0. The van der Waals surface area contributed by atoms with Crippen LogP contribution < -0.4 is 0 Å². The minimum atomic E-state index is 0.810. The van der Waals surface area contributed by atoms with Crippen LogP contribution in [-0.4, -0.2) is 0 Å². The Kier molecular flexibility index (Phi) is 2.53. The molecular formula is C10H18. The minimum Gasteiger partial charge on any atom is -0.103 e. The van der Waals surface area contributed by atoms with Gasteiger partial charge in [-0.3, -0.25) is 0 Å². The van der Waals surface area contributed by atoms with Crippen LogP contribution in [0.2, 0.25) is 0 Å². The smallest absolute Gasteiger partial charge is 0.0182 e. The average Bonchev–Trinajstić information content (AvgIpc) is 2.30. The van der Waals surface area contributed by atoms with Gasteiger partial charge in [0.15, 0.2) is 0 Å². The van der Waals surface area contributed by atoms with Crippen molar-refractivity contribution in [2.75, 3.05) is 0 Å². The standard InChI is InChI=1S/C10H18/c1-4-9-7-6-8(3)10(9)5-2/h5,8-10H,2,4,6-7H2,1,3H3. The molecule has 0 aromatic carbocycles. The Labute approximate surface area is 64.3 Å². The molecule has 0 aromatic heterocycles. The van der Waals surface area contributed by atoms with E-state index in [2.05, 4.69) is 26.5 Å². The van der Waals surface area contributed by atoms with E-state index in [9.17, 15) is 0 Å². The molecule has 3 atom stereocenters. The topological polar surface area (TPSA) is 0 Å². The maximum atomic E-state index is 3.89. The summed E-state index contributed by atoms with van der Waals surface area (Å²) in [6.07, 6.45) is 6.33. The lowest BCUT2D eigenvalue weighted by atomic mass is 9.89. The van der Waals surface area contributed by atoms with Gasteiger partial charge in [0, 0.05) is 0 Å². The molecule has 0 heterocycles. The van der Waals surface area contributed by atoms with Gasteiger partial charge in [-0.2, -0.15) is 0 Å². The Morgan fingerprint density at radius 1 is 1.50 bits per heavy atom. The first kappa shape index (κ1) is 7.84.